The Morgan fingerprint density at radius 1 is 1.50 bits per heavy atom. The molecule has 1 aromatic carbocycles. The van der Waals surface area contributed by atoms with Crippen molar-refractivity contribution in [2.24, 2.45) is 0 Å². The highest BCUT2D eigenvalue weighted by molar-refractivity contribution is 9.10. The number of morpholine rings is 1. The number of benzene rings is 1. The molecule has 2 N–H and O–H groups in total. The maximum atomic E-state index is 9.98. The highest BCUT2D eigenvalue weighted by Gasteiger charge is 2.34. The van der Waals surface area contributed by atoms with E-state index in [2.05, 4.69) is 20.8 Å². The van der Waals surface area contributed by atoms with Gasteiger partial charge in [-0.2, -0.15) is 0 Å². The first-order valence-electron chi connectivity index (χ1n) is 6.83. The summed E-state index contributed by atoms with van der Waals surface area (Å²) in [6, 6.07) is 5.91. The fourth-order valence-electron chi connectivity index (χ4n) is 2.72. The van der Waals surface area contributed by atoms with Gasteiger partial charge in [-0.1, -0.05) is 15.9 Å². The summed E-state index contributed by atoms with van der Waals surface area (Å²) in [5.41, 5.74) is 1.56. The second-order valence-electron chi connectivity index (χ2n) is 5.94. The number of hydrogen-bond donors (Lipinski definition) is 2. The van der Waals surface area contributed by atoms with Crippen LogP contribution < -0.4 is 4.90 Å². The first-order chi connectivity index (χ1) is 9.32. The molecule has 1 fully saturated rings. The monoisotopic (exact) mass is 343 g/mol. The molecular weight excluding hydrogens is 322 g/mol. The number of aliphatic hydroxyl groups is 2. The summed E-state index contributed by atoms with van der Waals surface area (Å²) in [5, 5.41) is 19.4. The third-order valence-corrected chi connectivity index (χ3v) is 3.96. The van der Waals surface area contributed by atoms with Crippen LogP contribution >= 0.6 is 15.9 Å². The van der Waals surface area contributed by atoms with Crippen LogP contribution in [0.25, 0.3) is 0 Å². The van der Waals surface area contributed by atoms with Gasteiger partial charge in [0.15, 0.2) is 0 Å². The van der Waals surface area contributed by atoms with Crippen LogP contribution in [-0.4, -0.2) is 41.6 Å². The zero-order chi connectivity index (χ0) is 14.9. The lowest BCUT2D eigenvalue weighted by Gasteiger charge is -2.44. The average molecular weight is 344 g/mol. The maximum absolute atomic E-state index is 9.98. The minimum Gasteiger partial charge on any atom is -0.394 e. The molecule has 5 heteroatoms. The van der Waals surface area contributed by atoms with E-state index in [0.717, 1.165) is 22.3 Å². The van der Waals surface area contributed by atoms with Gasteiger partial charge in [0.1, 0.15) is 0 Å². The quantitative estimate of drug-likeness (QED) is 0.885. The Hall–Kier alpha value is -0.620. The van der Waals surface area contributed by atoms with E-state index < -0.39 is 6.10 Å². The van der Waals surface area contributed by atoms with Crippen LogP contribution in [-0.2, 0) is 4.74 Å². The predicted molar refractivity (Wildman–Crippen MR) is 83.0 cm³/mol. The summed E-state index contributed by atoms with van der Waals surface area (Å²) in [7, 11) is 0. The fourth-order valence-corrected chi connectivity index (χ4v) is 3.10. The van der Waals surface area contributed by atoms with E-state index in [4.69, 9.17) is 4.74 Å². The van der Waals surface area contributed by atoms with Gasteiger partial charge in [0.25, 0.3) is 0 Å². The number of aliphatic hydroxyl groups excluding tert-OH is 2. The van der Waals surface area contributed by atoms with Crippen molar-refractivity contribution in [3.63, 3.8) is 0 Å². The number of hydrogen-bond acceptors (Lipinski definition) is 4. The number of nitrogens with zero attached hydrogens (tertiary/aromatic N) is 1. The highest BCUT2D eigenvalue weighted by Crippen LogP contribution is 2.33. The van der Waals surface area contributed by atoms with E-state index in [-0.39, 0.29) is 18.3 Å². The molecular formula is C15H22BrNO3. The van der Waals surface area contributed by atoms with Crippen LogP contribution in [0.5, 0.6) is 0 Å². The molecule has 0 saturated carbocycles. The molecule has 1 aromatic rings. The molecule has 1 aliphatic rings. The highest BCUT2D eigenvalue weighted by atomic mass is 79.9. The van der Waals surface area contributed by atoms with Gasteiger partial charge in [0.2, 0.25) is 0 Å². The lowest BCUT2D eigenvalue weighted by atomic mass is 10.0. The first-order valence-corrected chi connectivity index (χ1v) is 7.63. The van der Waals surface area contributed by atoms with Gasteiger partial charge >= 0.3 is 0 Å². The molecule has 2 rings (SSSR count). The second kappa shape index (κ2) is 6.02. The first kappa shape index (κ1) is 15.8. The van der Waals surface area contributed by atoms with Gasteiger partial charge in [-0.25, -0.2) is 0 Å². The van der Waals surface area contributed by atoms with Crippen molar-refractivity contribution in [1.82, 2.24) is 0 Å². The maximum Gasteiger partial charge on any atom is 0.0988 e. The average Bonchev–Trinajstić information content (AvgIpc) is 2.36. The molecule has 1 saturated heterocycles. The molecule has 0 bridgehead atoms. The van der Waals surface area contributed by atoms with Crippen molar-refractivity contribution in [2.75, 3.05) is 24.6 Å². The Kier molecular flexibility index (Phi) is 4.74. The normalized spacial score (nSPS) is 23.7. The summed E-state index contributed by atoms with van der Waals surface area (Å²) in [6.45, 7) is 7.15. The Morgan fingerprint density at radius 2 is 2.20 bits per heavy atom. The van der Waals surface area contributed by atoms with Gasteiger partial charge in [-0.15, -0.1) is 0 Å². The van der Waals surface area contributed by atoms with E-state index in [1.165, 1.54) is 0 Å². The molecule has 1 heterocycles. The number of anilines is 1. The molecule has 0 aromatic heterocycles. The fraction of sp³-hybridized carbons (Fsp3) is 0.600. The van der Waals surface area contributed by atoms with Gasteiger partial charge in [0.05, 0.1) is 24.4 Å². The number of ether oxygens (including phenoxy) is 1. The lowest BCUT2D eigenvalue weighted by Crippen LogP contribution is -2.54. The van der Waals surface area contributed by atoms with Gasteiger partial charge in [-0.05, 0) is 39.0 Å². The molecule has 2 atom stereocenters. The van der Waals surface area contributed by atoms with Gasteiger partial charge in [-0.3, -0.25) is 0 Å². The van der Waals surface area contributed by atoms with Crippen LogP contribution in [0.1, 0.15) is 32.4 Å². The summed E-state index contributed by atoms with van der Waals surface area (Å²) in [6.07, 6.45) is -0.745. The van der Waals surface area contributed by atoms with Crippen molar-refractivity contribution in [3.8, 4) is 0 Å². The molecule has 112 valence electrons. The van der Waals surface area contributed by atoms with E-state index in [9.17, 15) is 10.2 Å². The molecule has 0 spiro atoms. The molecule has 0 aliphatic carbocycles. The van der Waals surface area contributed by atoms with Crippen LogP contribution in [0.4, 0.5) is 5.69 Å². The Morgan fingerprint density at radius 3 is 2.80 bits per heavy atom. The molecule has 0 amide bonds. The smallest absolute Gasteiger partial charge is 0.0988 e. The van der Waals surface area contributed by atoms with Crippen LogP contribution in [0.3, 0.4) is 0 Å². The SMILES string of the molecule is CC(O)c1cc(Br)ccc1N1CC(CO)OC(C)(C)C1. The zero-order valence-electron chi connectivity index (χ0n) is 12.1. The van der Waals surface area contributed by atoms with Crippen LogP contribution in [0, 0.1) is 0 Å². The Bertz CT molecular complexity index is 476. The molecule has 4 nitrogen and oxygen atoms in total. The van der Waals surface area contributed by atoms with Crippen molar-refractivity contribution >= 4 is 21.6 Å². The van der Waals surface area contributed by atoms with Crippen LogP contribution in [0.2, 0.25) is 0 Å². The third kappa shape index (κ3) is 3.52. The zero-order valence-corrected chi connectivity index (χ0v) is 13.7. The summed E-state index contributed by atoms with van der Waals surface area (Å²) < 4.78 is 6.78. The Balaban J connectivity index is 2.35. The van der Waals surface area contributed by atoms with E-state index in [0.29, 0.717) is 6.54 Å². The van der Waals surface area contributed by atoms with Gasteiger partial charge in [0, 0.05) is 28.8 Å². The third-order valence-electron chi connectivity index (χ3n) is 3.47. The second-order valence-corrected chi connectivity index (χ2v) is 6.86. The summed E-state index contributed by atoms with van der Waals surface area (Å²) in [4.78, 5) is 2.18. The topological polar surface area (TPSA) is 52.9 Å². The summed E-state index contributed by atoms with van der Waals surface area (Å²) >= 11 is 3.44. The van der Waals surface area contributed by atoms with Crippen molar-refractivity contribution in [3.05, 3.63) is 28.2 Å². The molecule has 2 unspecified atom stereocenters. The lowest BCUT2D eigenvalue weighted by molar-refractivity contribution is -0.101. The van der Waals surface area contributed by atoms with Gasteiger partial charge < -0.3 is 19.8 Å². The number of halogens is 1. The molecule has 20 heavy (non-hydrogen) atoms. The molecule has 0 radical (unpaired) electrons. The minimum atomic E-state index is -0.541. The van der Waals surface area contributed by atoms with E-state index in [1.807, 2.05) is 32.0 Å². The van der Waals surface area contributed by atoms with Crippen LogP contribution in [0.15, 0.2) is 22.7 Å². The predicted octanol–water partition coefficient (Wildman–Crippen LogP) is 2.48. The largest absolute Gasteiger partial charge is 0.394 e. The molecule has 1 aliphatic heterocycles. The summed E-state index contributed by atoms with van der Waals surface area (Å²) in [5.74, 6) is 0. The standard InChI is InChI=1S/C15H22BrNO3/c1-10(19)13-6-11(16)4-5-14(13)17-7-12(8-18)20-15(2,3)9-17/h4-6,10,12,18-19H,7-9H2,1-3H3. The van der Waals surface area contributed by atoms with Crippen molar-refractivity contribution in [2.45, 2.75) is 38.6 Å². The van der Waals surface area contributed by atoms with Crippen molar-refractivity contribution < 1.29 is 14.9 Å². The van der Waals surface area contributed by atoms with E-state index in [1.54, 1.807) is 6.92 Å². The Labute approximate surface area is 128 Å². The van der Waals surface area contributed by atoms with Crippen molar-refractivity contribution in [1.29, 1.82) is 0 Å². The number of rotatable bonds is 3. The minimum absolute atomic E-state index is 0.000466. The van der Waals surface area contributed by atoms with E-state index >= 15 is 0 Å².